The highest BCUT2D eigenvalue weighted by atomic mass is 35.5. The number of hydrogen-bond donors (Lipinski definition) is 1. The van der Waals surface area contributed by atoms with Crippen molar-refractivity contribution in [3.63, 3.8) is 0 Å². The van der Waals surface area contributed by atoms with E-state index in [0.717, 1.165) is 0 Å². The standard InChI is InChI=1S/C25H20Cl2F3NO5/c1-2-34-24(33)15-8-10-17(11-9-15)31-23(32)21(36-18-6-4-3-5-7-18)14-35-22-19(26)12-16(13-20(22)27)25(28,29)30/h3-13,21H,2,14H2,1H3,(H,31,32). The van der Waals surface area contributed by atoms with Crippen LogP contribution in [-0.2, 0) is 15.7 Å². The maximum absolute atomic E-state index is 13.0. The van der Waals surface area contributed by atoms with Gasteiger partial charge < -0.3 is 19.5 Å². The number of ether oxygens (including phenoxy) is 3. The van der Waals surface area contributed by atoms with Crippen molar-refractivity contribution in [3.8, 4) is 11.5 Å². The molecule has 0 fully saturated rings. The molecule has 0 heterocycles. The predicted octanol–water partition coefficient (Wildman–Crippen LogP) is 6.65. The van der Waals surface area contributed by atoms with E-state index >= 15 is 0 Å². The molecule has 3 aromatic rings. The lowest BCUT2D eigenvalue weighted by Crippen LogP contribution is -2.38. The number of carbonyl (C=O) groups is 2. The van der Waals surface area contributed by atoms with Crippen LogP contribution in [0.4, 0.5) is 18.9 Å². The topological polar surface area (TPSA) is 73.9 Å². The van der Waals surface area contributed by atoms with Crippen LogP contribution in [0.1, 0.15) is 22.8 Å². The molecule has 36 heavy (non-hydrogen) atoms. The Kier molecular flexibility index (Phi) is 9.06. The molecule has 3 aromatic carbocycles. The van der Waals surface area contributed by atoms with Crippen molar-refractivity contribution in [1.29, 1.82) is 0 Å². The van der Waals surface area contributed by atoms with Crippen molar-refractivity contribution in [2.45, 2.75) is 19.2 Å². The minimum Gasteiger partial charge on any atom is -0.486 e. The Balaban J connectivity index is 1.77. The SMILES string of the molecule is CCOC(=O)c1ccc(NC(=O)C(COc2c(Cl)cc(C(F)(F)F)cc2Cl)Oc2ccccc2)cc1. The smallest absolute Gasteiger partial charge is 0.416 e. The molecule has 6 nitrogen and oxygen atoms in total. The monoisotopic (exact) mass is 541 g/mol. The Bertz CT molecular complexity index is 1180. The first-order chi connectivity index (χ1) is 17.1. The van der Waals surface area contributed by atoms with Crippen molar-refractivity contribution in [3.05, 3.63) is 87.9 Å². The summed E-state index contributed by atoms with van der Waals surface area (Å²) in [5, 5.41) is 1.90. The number of esters is 1. The molecular weight excluding hydrogens is 522 g/mol. The number of para-hydroxylation sites is 1. The highest BCUT2D eigenvalue weighted by molar-refractivity contribution is 6.37. The highest BCUT2D eigenvalue weighted by Crippen LogP contribution is 2.40. The summed E-state index contributed by atoms with van der Waals surface area (Å²) in [5.74, 6) is -0.996. The Morgan fingerprint density at radius 2 is 1.58 bits per heavy atom. The van der Waals surface area contributed by atoms with E-state index in [4.69, 9.17) is 37.4 Å². The lowest BCUT2D eigenvalue weighted by Gasteiger charge is -2.20. The Hall–Kier alpha value is -3.43. The fourth-order valence-corrected chi connectivity index (χ4v) is 3.57. The number of rotatable bonds is 9. The number of benzene rings is 3. The van der Waals surface area contributed by atoms with Gasteiger partial charge in [-0.05, 0) is 55.5 Å². The summed E-state index contributed by atoms with van der Waals surface area (Å²) in [7, 11) is 0. The first-order valence-electron chi connectivity index (χ1n) is 10.6. The third-order valence-corrected chi connectivity index (χ3v) is 5.24. The maximum atomic E-state index is 13.0. The molecule has 0 radical (unpaired) electrons. The van der Waals surface area contributed by atoms with Crippen LogP contribution in [0.25, 0.3) is 0 Å². The van der Waals surface area contributed by atoms with Gasteiger partial charge in [0.2, 0.25) is 6.10 Å². The summed E-state index contributed by atoms with van der Waals surface area (Å²) in [6.45, 7) is 1.49. The van der Waals surface area contributed by atoms with Gasteiger partial charge in [-0.25, -0.2) is 4.79 Å². The van der Waals surface area contributed by atoms with Crippen LogP contribution in [0.3, 0.4) is 0 Å². The third kappa shape index (κ3) is 7.29. The van der Waals surface area contributed by atoms with E-state index < -0.39 is 36.3 Å². The number of carbonyl (C=O) groups excluding carboxylic acids is 2. The fourth-order valence-electron chi connectivity index (χ4n) is 2.97. The lowest BCUT2D eigenvalue weighted by atomic mass is 10.2. The molecule has 1 atom stereocenters. The number of amides is 1. The van der Waals surface area contributed by atoms with Gasteiger partial charge in [0, 0.05) is 5.69 Å². The van der Waals surface area contributed by atoms with Gasteiger partial charge in [0.25, 0.3) is 5.91 Å². The van der Waals surface area contributed by atoms with E-state index in [9.17, 15) is 22.8 Å². The predicted molar refractivity (Wildman–Crippen MR) is 129 cm³/mol. The molecule has 0 saturated heterocycles. The second-order valence-corrected chi connectivity index (χ2v) is 8.10. The second kappa shape index (κ2) is 12.0. The Morgan fingerprint density at radius 1 is 0.972 bits per heavy atom. The minimum atomic E-state index is -4.65. The van der Waals surface area contributed by atoms with Crippen LogP contribution in [0.5, 0.6) is 11.5 Å². The average molecular weight is 542 g/mol. The number of nitrogens with one attached hydrogen (secondary N) is 1. The van der Waals surface area contributed by atoms with Crippen molar-refractivity contribution in [2.75, 3.05) is 18.5 Å². The number of alkyl halides is 3. The molecule has 1 unspecified atom stereocenters. The number of hydrogen-bond acceptors (Lipinski definition) is 5. The van der Waals surface area contributed by atoms with E-state index in [1.807, 2.05) is 0 Å². The molecular formula is C25H20Cl2F3NO5. The average Bonchev–Trinajstić information content (AvgIpc) is 2.83. The highest BCUT2D eigenvalue weighted by Gasteiger charge is 2.32. The van der Waals surface area contributed by atoms with Gasteiger partial charge in [-0.1, -0.05) is 41.4 Å². The Labute approximate surface area is 214 Å². The van der Waals surface area contributed by atoms with Gasteiger partial charge in [-0.2, -0.15) is 13.2 Å². The second-order valence-electron chi connectivity index (χ2n) is 7.28. The largest absolute Gasteiger partial charge is 0.486 e. The van der Waals surface area contributed by atoms with Gasteiger partial charge in [-0.15, -0.1) is 0 Å². The van der Waals surface area contributed by atoms with Crippen molar-refractivity contribution < 1.29 is 37.0 Å². The molecule has 0 bridgehead atoms. The lowest BCUT2D eigenvalue weighted by molar-refractivity contribution is -0.137. The number of halogens is 5. The molecule has 3 rings (SSSR count). The van der Waals surface area contributed by atoms with E-state index in [0.29, 0.717) is 29.1 Å². The van der Waals surface area contributed by atoms with Crippen LogP contribution in [0.2, 0.25) is 10.0 Å². The van der Waals surface area contributed by atoms with Gasteiger partial charge in [0.1, 0.15) is 12.4 Å². The minimum absolute atomic E-state index is 0.223. The zero-order valence-electron chi connectivity index (χ0n) is 18.8. The summed E-state index contributed by atoms with van der Waals surface area (Å²) in [6.07, 6.45) is -5.89. The molecule has 0 spiro atoms. The molecule has 0 aliphatic rings. The van der Waals surface area contributed by atoms with Crippen LogP contribution in [0, 0.1) is 0 Å². The molecule has 1 amide bonds. The molecule has 1 N–H and O–H groups in total. The first kappa shape index (κ1) is 27.2. The van der Waals surface area contributed by atoms with Gasteiger partial charge in [0.15, 0.2) is 5.75 Å². The van der Waals surface area contributed by atoms with E-state index in [1.165, 1.54) is 24.3 Å². The summed E-state index contributed by atoms with van der Waals surface area (Å²) in [6, 6.07) is 15.7. The van der Waals surface area contributed by atoms with E-state index in [1.54, 1.807) is 37.3 Å². The molecule has 0 aliphatic carbocycles. The van der Waals surface area contributed by atoms with Gasteiger partial charge in [-0.3, -0.25) is 4.79 Å². The van der Waals surface area contributed by atoms with Crippen LogP contribution in [-0.4, -0.2) is 31.2 Å². The summed E-state index contributed by atoms with van der Waals surface area (Å²) < 4.78 is 55.2. The molecule has 11 heteroatoms. The third-order valence-electron chi connectivity index (χ3n) is 4.68. The molecule has 190 valence electrons. The maximum Gasteiger partial charge on any atom is 0.416 e. The van der Waals surface area contributed by atoms with Crippen molar-refractivity contribution in [2.24, 2.45) is 0 Å². The molecule has 0 aromatic heterocycles. The summed E-state index contributed by atoms with van der Waals surface area (Å²) in [5.41, 5.74) is -0.367. The van der Waals surface area contributed by atoms with Crippen molar-refractivity contribution in [1.82, 2.24) is 0 Å². The summed E-state index contributed by atoms with van der Waals surface area (Å²) >= 11 is 11.9. The van der Waals surface area contributed by atoms with E-state index in [-0.39, 0.29) is 22.4 Å². The zero-order valence-corrected chi connectivity index (χ0v) is 20.3. The number of anilines is 1. The zero-order chi connectivity index (χ0) is 26.3. The van der Waals surface area contributed by atoms with Crippen molar-refractivity contribution >= 4 is 40.8 Å². The van der Waals surface area contributed by atoms with Crippen LogP contribution >= 0.6 is 23.2 Å². The normalized spacial score (nSPS) is 11.9. The molecule has 0 aliphatic heterocycles. The molecule has 0 saturated carbocycles. The van der Waals surface area contributed by atoms with E-state index in [2.05, 4.69) is 5.32 Å². The Morgan fingerprint density at radius 3 is 2.14 bits per heavy atom. The van der Waals surface area contributed by atoms with Gasteiger partial charge in [0.05, 0.1) is 27.8 Å². The summed E-state index contributed by atoms with van der Waals surface area (Å²) in [4.78, 5) is 24.8. The van der Waals surface area contributed by atoms with Crippen LogP contribution < -0.4 is 14.8 Å². The van der Waals surface area contributed by atoms with Gasteiger partial charge >= 0.3 is 12.1 Å². The fraction of sp³-hybridized carbons (Fsp3) is 0.200. The first-order valence-corrected chi connectivity index (χ1v) is 11.3. The van der Waals surface area contributed by atoms with Crippen LogP contribution in [0.15, 0.2) is 66.7 Å². The quantitative estimate of drug-likeness (QED) is 0.307.